The predicted molar refractivity (Wildman–Crippen MR) is 124 cm³/mol. The number of carbonyl (C=O) groups is 2. The molecule has 0 N–H and O–H groups in total. The molecule has 1 saturated heterocycles. The van der Waals surface area contributed by atoms with E-state index in [9.17, 15) is 18.0 Å². The lowest BCUT2D eigenvalue weighted by Crippen LogP contribution is -2.41. The van der Waals surface area contributed by atoms with E-state index in [1.165, 1.54) is 22.5 Å². The van der Waals surface area contributed by atoms with Crippen LogP contribution in [-0.2, 0) is 32.5 Å². The van der Waals surface area contributed by atoms with Crippen molar-refractivity contribution in [3.05, 3.63) is 64.2 Å². The largest absolute Gasteiger partial charge is 0.452 e. The Labute approximate surface area is 199 Å². The Balaban J connectivity index is 1.47. The molecule has 7 nitrogen and oxygen atoms in total. The number of piperidine rings is 1. The van der Waals surface area contributed by atoms with E-state index in [1.807, 2.05) is 24.3 Å². The first-order valence-electron chi connectivity index (χ1n) is 11.1. The molecular formula is C24H27ClN2O5S. The number of ether oxygens (including phenoxy) is 1. The van der Waals surface area contributed by atoms with E-state index in [-0.39, 0.29) is 27.9 Å². The molecule has 2 aliphatic heterocycles. The van der Waals surface area contributed by atoms with E-state index in [0.29, 0.717) is 32.0 Å². The maximum absolute atomic E-state index is 13.3. The van der Waals surface area contributed by atoms with Gasteiger partial charge < -0.3 is 9.64 Å². The first-order valence-corrected chi connectivity index (χ1v) is 12.9. The number of sulfonamides is 1. The molecule has 0 radical (unpaired) electrons. The molecule has 0 bridgehead atoms. The molecule has 2 aromatic rings. The third-order valence-corrected chi connectivity index (χ3v) is 8.40. The number of hydrogen-bond acceptors (Lipinski definition) is 5. The van der Waals surface area contributed by atoms with E-state index in [2.05, 4.69) is 6.92 Å². The van der Waals surface area contributed by atoms with Gasteiger partial charge >= 0.3 is 5.97 Å². The predicted octanol–water partition coefficient (Wildman–Crippen LogP) is 3.50. The number of esters is 1. The fourth-order valence-electron chi connectivity index (χ4n) is 4.36. The van der Waals surface area contributed by atoms with Crippen LogP contribution in [0.2, 0.25) is 5.02 Å². The number of hydrogen-bond donors (Lipinski definition) is 0. The molecule has 4 rings (SSSR count). The molecule has 9 heteroatoms. The second kappa shape index (κ2) is 9.83. The van der Waals surface area contributed by atoms with Gasteiger partial charge in [-0.1, -0.05) is 42.8 Å². The molecular weight excluding hydrogens is 464 g/mol. The Bertz CT molecular complexity index is 1170. The van der Waals surface area contributed by atoms with Crippen molar-refractivity contribution >= 4 is 33.5 Å². The van der Waals surface area contributed by atoms with E-state index in [4.69, 9.17) is 16.3 Å². The number of rotatable bonds is 5. The molecule has 0 spiro atoms. The summed E-state index contributed by atoms with van der Waals surface area (Å²) in [5.41, 5.74) is 2.03. The Morgan fingerprint density at radius 1 is 1.12 bits per heavy atom. The van der Waals surface area contributed by atoms with Crippen molar-refractivity contribution in [3.8, 4) is 0 Å². The van der Waals surface area contributed by atoms with Crippen LogP contribution in [-0.4, -0.2) is 55.7 Å². The maximum atomic E-state index is 13.3. The summed E-state index contributed by atoms with van der Waals surface area (Å²) in [4.78, 5) is 26.7. The van der Waals surface area contributed by atoms with Crippen molar-refractivity contribution in [3.63, 3.8) is 0 Å². The highest BCUT2D eigenvalue weighted by atomic mass is 35.5. The van der Waals surface area contributed by atoms with Gasteiger partial charge in [0, 0.05) is 26.2 Å². The zero-order valence-corrected chi connectivity index (χ0v) is 20.1. The Morgan fingerprint density at radius 3 is 2.64 bits per heavy atom. The summed E-state index contributed by atoms with van der Waals surface area (Å²) in [6.07, 6.45) is 2.62. The van der Waals surface area contributed by atoms with Crippen LogP contribution in [0.3, 0.4) is 0 Å². The summed E-state index contributed by atoms with van der Waals surface area (Å²) in [6.45, 7) is 3.59. The van der Waals surface area contributed by atoms with Gasteiger partial charge in [0.15, 0.2) is 6.61 Å². The molecule has 176 valence electrons. The van der Waals surface area contributed by atoms with E-state index in [1.54, 1.807) is 4.90 Å². The van der Waals surface area contributed by atoms with Crippen LogP contribution in [0.4, 0.5) is 0 Å². The van der Waals surface area contributed by atoms with Crippen molar-refractivity contribution in [2.45, 2.75) is 37.6 Å². The molecule has 1 amide bonds. The Hall–Kier alpha value is -2.42. The molecule has 0 aromatic heterocycles. The van der Waals surface area contributed by atoms with Crippen LogP contribution in [0.15, 0.2) is 47.4 Å². The van der Waals surface area contributed by atoms with Gasteiger partial charge in [0.2, 0.25) is 10.0 Å². The average Bonchev–Trinajstić information content (AvgIpc) is 2.82. The SMILES string of the molecule is CC1CCCN(C(=O)COC(=O)c2cc(S(=O)(=O)N3CCc4ccccc4C3)ccc2Cl)C1. The van der Waals surface area contributed by atoms with Crippen LogP contribution < -0.4 is 0 Å². The summed E-state index contributed by atoms with van der Waals surface area (Å²) in [5.74, 6) is -0.669. The Kier molecular flexibility index (Phi) is 7.07. The van der Waals surface area contributed by atoms with Crippen molar-refractivity contribution < 1.29 is 22.7 Å². The van der Waals surface area contributed by atoms with Gasteiger partial charge in [-0.3, -0.25) is 4.79 Å². The molecule has 33 heavy (non-hydrogen) atoms. The molecule has 2 heterocycles. The smallest absolute Gasteiger partial charge is 0.340 e. The molecule has 0 saturated carbocycles. The number of fused-ring (bicyclic) bond motifs is 1. The van der Waals surface area contributed by atoms with Crippen molar-refractivity contribution in [1.82, 2.24) is 9.21 Å². The number of halogens is 1. The second-order valence-corrected chi connectivity index (χ2v) is 11.0. The van der Waals surface area contributed by atoms with Gasteiger partial charge in [-0.15, -0.1) is 0 Å². The lowest BCUT2D eigenvalue weighted by Gasteiger charge is -2.30. The zero-order valence-electron chi connectivity index (χ0n) is 18.5. The maximum Gasteiger partial charge on any atom is 0.340 e. The minimum atomic E-state index is -3.84. The quantitative estimate of drug-likeness (QED) is 0.599. The van der Waals surface area contributed by atoms with Gasteiger partial charge in [-0.25, -0.2) is 13.2 Å². The molecule has 1 fully saturated rings. The monoisotopic (exact) mass is 490 g/mol. The van der Waals surface area contributed by atoms with Gasteiger partial charge in [-0.2, -0.15) is 4.31 Å². The van der Waals surface area contributed by atoms with Crippen LogP contribution in [0.1, 0.15) is 41.3 Å². The third-order valence-electron chi connectivity index (χ3n) is 6.23. The molecule has 1 atom stereocenters. The highest BCUT2D eigenvalue weighted by molar-refractivity contribution is 7.89. The number of benzene rings is 2. The highest BCUT2D eigenvalue weighted by Crippen LogP contribution is 2.28. The summed E-state index contributed by atoms with van der Waals surface area (Å²) < 4.78 is 33.1. The van der Waals surface area contributed by atoms with E-state index in [0.717, 1.165) is 24.0 Å². The van der Waals surface area contributed by atoms with E-state index < -0.39 is 22.6 Å². The first-order chi connectivity index (χ1) is 15.8. The van der Waals surface area contributed by atoms with Crippen LogP contribution in [0.5, 0.6) is 0 Å². The fourth-order valence-corrected chi connectivity index (χ4v) is 6.00. The second-order valence-electron chi connectivity index (χ2n) is 8.66. The number of amides is 1. The normalized spacial score (nSPS) is 19.1. The van der Waals surface area contributed by atoms with Crippen LogP contribution >= 0.6 is 11.6 Å². The Morgan fingerprint density at radius 2 is 1.88 bits per heavy atom. The molecule has 2 aromatic carbocycles. The van der Waals surface area contributed by atoms with E-state index >= 15 is 0 Å². The molecule has 1 unspecified atom stereocenters. The van der Waals surface area contributed by atoms with Crippen molar-refractivity contribution in [2.24, 2.45) is 5.92 Å². The highest BCUT2D eigenvalue weighted by Gasteiger charge is 2.30. The third kappa shape index (κ3) is 5.23. The summed E-state index contributed by atoms with van der Waals surface area (Å²) in [6, 6.07) is 11.7. The number of likely N-dealkylation sites (tertiary alicyclic amines) is 1. The summed E-state index contributed by atoms with van der Waals surface area (Å²) in [7, 11) is -3.84. The van der Waals surface area contributed by atoms with Gasteiger partial charge in [0.25, 0.3) is 5.91 Å². The zero-order chi connectivity index (χ0) is 23.6. The average molecular weight is 491 g/mol. The lowest BCUT2D eigenvalue weighted by molar-refractivity contribution is -0.136. The molecule has 2 aliphatic rings. The standard InChI is InChI=1S/C24H27ClN2O5S/c1-17-5-4-11-26(14-17)23(28)16-32-24(29)21-13-20(8-9-22(21)25)33(30,31)27-12-10-18-6-2-3-7-19(18)15-27/h2-3,6-9,13,17H,4-5,10-12,14-16H2,1H3. The van der Waals surface area contributed by atoms with Crippen molar-refractivity contribution in [2.75, 3.05) is 26.2 Å². The topological polar surface area (TPSA) is 84.0 Å². The van der Waals surface area contributed by atoms with Crippen molar-refractivity contribution in [1.29, 1.82) is 0 Å². The minimum absolute atomic E-state index is 0.0330. The molecule has 0 aliphatic carbocycles. The lowest BCUT2D eigenvalue weighted by atomic mass is 10.0. The van der Waals surface area contributed by atoms with Gasteiger partial charge in [0.05, 0.1) is 15.5 Å². The van der Waals surface area contributed by atoms with Crippen LogP contribution in [0, 0.1) is 5.92 Å². The van der Waals surface area contributed by atoms with Gasteiger partial charge in [-0.05, 0) is 54.5 Å². The first kappa shape index (κ1) is 23.7. The minimum Gasteiger partial charge on any atom is -0.452 e. The summed E-state index contributed by atoms with van der Waals surface area (Å²) in [5, 5.41) is 0.0713. The fraction of sp³-hybridized carbons (Fsp3) is 0.417. The number of nitrogens with zero attached hydrogens (tertiary/aromatic N) is 2. The van der Waals surface area contributed by atoms with Crippen LogP contribution in [0.25, 0.3) is 0 Å². The summed E-state index contributed by atoms with van der Waals surface area (Å²) >= 11 is 6.17. The number of carbonyl (C=O) groups excluding carboxylic acids is 2. The van der Waals surface area contributed by atoms with Gasteiger partial charge in [0.1, 0.15) is 0 Å².